The van der Waals surface area contributed by atoms with E-state index in [1.165, 1.54) is 16.7 Å². The Morgan fingerprint density at radius 2 is 2.12 bits per heavy atom. The number of aromatic nitrogens is 2. The molecule has 1 aromatic heterocycles. The van der Waals surface area contributed by atoms with Gasteiger partial charge in [0.1, 0.15) is 6.54 Å². The summed E-state index contributed by atoms with van der Waals surface area (Å²) < 4.78 is 1.67. The third kappa shape index (κ3) is 3.85. The summed E-state index contributed by atoms with van der Waals surface area (Å²) in [6, 6.07) is 9.04. The summed E-state index contributed by atoms with van der Waals surface area (Å²) in [5.41, 5.74) is 10.2. The largest absolute Gasteiger partial charge is 0.368 e. The van der Waals surface area contributed by atoms with E-state index >= 15 is 0 Å². The fourth-order valence-corrected chi connectivity index (χ4v) is 3.30. The van der Waals surface area contributed by atoms with Crippen LogP contribution in [0.3, 0.4) is 0 Å². The topological polar surface area (TPSA) is 72.9 Å². The number of hydrogen-bond donors (Lipinski definition) is 2. The van der Waals surface area contributed by atoms with Crippen molar-refractivity contribution in [3.05, 3.63) is 52.8 Å². The van der Waals surface area contributed by atoms with Crippen molar-refractivity contribution in [1.82, 2.24) is 15.1 Å². The first-order chi connectivity index (χ1) is 11.5. The van der Waals surface area contributed by atoms with Gasteiger partial charge in [-0.15, -0.1) is 0 Å². The summed E-state index contributed by atoms with van der Waals surface area (Å²) in [4.78, 5) is 11.1. The molecule has 0 saturated carbocycles. The van der Waals surface area contributed by atoms with Crippen LogP contribution in [-0.4, -0.2) is 15.7 Å². The molecule has 128 valence electrons. The third-order valence-electron chi connectivity index (χ3n) is 4.66. The summed E-state index contributed by atoms with van der Waals surface area (Å²) >= 11 is 0. The predicted octanol–water partition coefficient (Wildman–Crippen LogP) is 2.66. The van der Waals surface area contributed by atoms with E-state index in [1.807, 2.05) is 6.20 Å². The molecule has 0 unspecified atom stereocenters. The van der Waals surface area contributed by atoms with E-state index in [2.05, 4.69) is 48.5 Å². The van der Waals surface area contributed by atoms with Crippen molar-refractivity contribution in [1.29, 1.82) is 0 Å². The van der Waals surface area contributed by atoms with Gasteiger partial charge in [-0.1, -0.05) is 38.1 Å². The second kappa shape index (κ2) is 7.18. The van der Waals surface area contributed by atoms with Crippen LogP contribution in [0.15, 0.2) is 30.5 Å². The van der Waals surface area contributed by atoms with Crippen LogP contribution in [0.25, 0.3) is 0 Å². The lowest BCUT2D eigenvalue weighted by Crippen LogP contribution is -2.25. The number of nitrogens with one attached hydrogen (secondary N) is 1. The van der Waals surface area contributed by atoms with Crippen molar-refractivity contribution in [2.75, 3.05) is 0 Å². The van der Waals surface area contributed by atoms with E-state index in [0.29, 0.717) is 5.92 Å². The molecule has 0 fully saturated rings. The molecule has 1 aliphatic carbocycles. The molecule has 2 aromatic rings. The number of benzene rings is 1. The number of primary amides is 1. The zero-order valence-corrected chi connectivity index (χ0v) is 14.5. The van der Waals surface area contributed by atoms with Crippen LogP contribution in [0.1, 0.15) is 61.0 Å². The molecule has 0 spiro atoms. The quantitative estimate of drug-likeness (QED) is 0.857. The molecule has 0 bridgehead atoms. The molecule has 1 heterocycles. The van der Waals surface area contributed by atoms with Crippen molar-refractivity contribution in [2.24, 2.45) is 5.73 Å². The first-order valence-electron chi connectivity index (χ1n) is 8.69. The predicted molar refractivity (Wildman–Crippen MR) is 94.5 cm³/mol. The molecule has 24 heavy (non-hydrogen) atoms. The van der Waals surface area contributed by atoms with Gasteiger partial charge in [-0.3, -0.25) is 9.48 Å². The Labute approximate surface area is 143 Å². The number of aryl methyl sites for hydroxylation is 1. The summed E-state index contributed by atoms with van der Waals surface area (Å²) in [7, 11) is 0. The fourth-order valence-electron chi connectivity index (χ4n) is 3.30. The second-order valence-corrected chi connectivity index (χ2v) is 6.93. The van der Waals surface area contributed by atoms with Crippen molar-refractivity contribution in [2.45, 2.75) is 58.2 Å². The Balaban J connectivity index is 1.66. The summed E-state index contributed by atoms with van der Waals surface area (Å²) in [5, 5.41) is 8.19. The lowest BCUT2D eigenvalue weighted by molar-refractivity contribution is -0.118. The Morgan fingerprint density at radius 3 is 2.79 bits per heavy atom. The molecule has 3 N–H and O–H groups in total. The molecular weight excluding hydrogens is 300 g/mol. The molecule has 0 saturated heterocycles. The molecule has 1 atom stereocenters. The highest BCUT2D eigenvalue weighted by Gasteiger charge is 2.23. The number of hydrogen-bond acceptors (Lipinski definition) is 3. The maximum absolute atomic E-state index is 11.1. The maximum atomic E-state index is 11.1. The van der Waals surface area contributed by atoms with Gasteiger partial charge in [-0.25, -0.2) is 0 Å². The van der Waals surface area contributed by atoms with Gasteiger partial charge >= 0.3 is 0 Å². The molecule has 1 amide bonds. The van der Waals surface area contributed by atoms with Gasteiger partial charge in [0.05, 0.1) is 11.7 Å². The summed E-state index contributed by atoms with van der Waals surface area (Å²) in [5.74, 6) is 0.201. The van der Waals surface area contributed by atoms with E-state index in [4.69, 9.17) is 5.73 Å². The van der Waals surface area contributed by atoms with Crippen molar-refractivity contribution in [3.8, 4) is 0 Å². The highest BCUT2D eigenvalue weighted by molar-refractivity contribution is 5.73. The van der Waals surface area contributed by atoms with Gasteiger partial charge in [-0.05, 0) is 41.9 Å². The highest BCUT2D eigenvalue weighted by atomic mass is 16.1. The fraction of sp³-hybridized carbons (Fsp3) is 0.474. The molecule has 5 heteroatoms. The second-order valence-electron chi connectivity index (χ2n) is 6.93. The average molecular weight is 326 g/mol. The lowest BCUT2D eigenvalue weighted by Gasteiger charge is -2.22. The lowest BCUT2D eigenvalue weighted by atomic mass is 9.93. The van der Waals surface area contributed by atoms with Crippen molar-refractivity contribution in [3.63, 3.8) is 0 Å². The molecule has 5 nitrogen and oxygen atoms in total. The Bertz CT molecular complexity index is 703. The van der Waals surface area contributed by atoms with Crippen LogP contribution in [0.4, 0.5) is 0 Å². The van der Waals surface area contributed by atoms with Gasteiger partial charge in [0.25, 0.3) is 0 Å². The number of nitrogens with zero attached hydrogens (tertiary/aromatic N) is 2. The van der Waals surface area contributed by atoms with E-state index in [9.17, 15) is 4.79 Å². The Hall–Kier alpha value is -2.14. The standard InChI is InChI=1S/C19H26N4O/c1-13(2)15-8-6-14(7-9-15)10-21-17-5-3-4-16-11-23(12-18(20)24)22-19(16)17/h6-9,11,13,17,21H,3-5,10,12H2,1-2H3,(H2,20,24)/t17-/m1/s1. The Kier molecular flexibility index (Phi) is 5.00. The number of carbonyl (C=O) groups excluding carboxylic acids is 1. The van der Waals surface area contributed by atoms with E-state index < -0.39 is 0 Å². The molecule has 0 radical (unpaired) electrons. The van der Waals surface area contributed by atoms with Crippen molar-refractivity contribution >= 4 is 5.91 Å². The van der Waals surface area contributed by atoms with Gasteiger partial charge < -0.3 is 11.1 Å². The minimum absolute atomic E-state index is 0.149. The minimum Gasteiger partial charge on any atom is -0.368 e. The first-order valence-corrected chi connectivity index (χ1v) is 8.69. The van der Waals surface area contributed by atoms with Crippen molar-refractivity contribution < 1.29 is 4.79 Å². The van der Waals surface area contributed by atoms with Crippen LogP contribution in [0.2, 0.25) is 0 Å². The van der Waals surface area contributed by atoms with E-state index in [-0.39, 0.29) is 18.5 Å². The molecule has 1 aromatic carbocycles. The SMILES string of the molecule is CC(C)c1ccc(CN[C@@H]2CCCc3cn(CC(N)=O)nc32)cc1. The molecule has 1 aliphatic rings. The maximum Gasteiger partial charge on any atom is 0.239 e. The van der Waals surface area contributed by atoms with Crippen LogP contribution in [0.5, 0.6) is 0 Å². The van der Waals surface area contributed by atoms with Crippen LogP contribution in [-0.2, 0) is 24.3 Å². The van der Waals surface area contributed by atoms with Crippen LogP contribution in [0, 0.1) is 0 Å². The number of rotatable bonds is 6. The Morgan fingerprint density at radius 1 is 1.38 bits per heavy atom. The van der Waals surface area contributed by atoms with Crippen LogP contribution < -0.4 is 11.1 Å². The van der Waals surface area contributed by atoms with Gasteiger partial charge in [0, 0.05) is 12.7 Å². The van der Waals surface area contributed by atoms with Gasteiger partial charge in [0.15, 0.2) is 0 Å². The third-order valence-corrected chi connectivity index (χ3v) is 4.66. The van der Waals surface area contributed by atoms with Crippen LogP contribution >= 0.6 is 0 Å². The minimum atomic E-state index is -0.357. The number of amides is 1. The van der Waals surface area contributed by atoms with Gasteiger partial charge in [0.2, 0.25) is 5.91 Å². The van der Waals surface area contributed by atoms with Gasteiger partial charge in [-0.2, -0.15) is 5.10 Å². The summed E-state index contributed by atoms with van der Waals surface area (Å²) in [6.45, 7) is 5.39. The van der Waals surface area contributed by atoms with E-state index in [0.717, 1.165) is 31.5 Å². The van der Waals surface area contributed by atoms with E-state index in [1.54, 1.807) is 4.68 Å². The molecular formula is C19H26N4O. The molecule has 0 aliphatic heterocycles. The smallest absolute Gasteiger partial charge is 0.239 e. The molecule has 3 rings (SSSR count). The summed E-state index contributed by atoms with van der Waals surface area (Å²) in [6.07, 6.45) is 5.20. The first kappa shape index (κ1) is 16.7. The normalized spacial score (nSPS) is 17.0. The number of nitrogens with two attached hydrogens (primary N) is 1. The number of carbonyl (C=O) groups is 1. The monoisotopic (exact) mass is 326 g/mol. The zero-order chi connectivity index (χ0) is 17.1. The average Bonchev–Trinajstić information content (AvgIpc) is 2.95. The highest BCUT2D eigenvalue weighted by Crippen LogP contribution is 2.28. The zero-order valence-electron chi connectivity index (χ0n) is 14.5. The number of fused-ring (bicyclic) bond motifs is 1.